The van der Waals surface area contributed by atoms with Crippen molar-refractivity contribution in [1.29, 1.82) is 0 Å². The molecule has 0 bridgehead atoms. The van der Waals surface area contributed by atoms with Crippen molar-refractivity contribution < 1.29 is 23.1 Å². The van der Waals surface area contributed by atoms with E-state index in [-0.39, 0.29) is 25.0 Å². The molecular weight excluding hydrogens is 271 g/mol. The lowest BCUT2D eigenvalue weighted by Crippen LogP contribution is -2.38. The summed E-state index contributed by atoms with van der Waals surface area (Å²) in [6.07, 6.45) is -2.91. The largest absolute Gasteiger partial charge is 0.416 e. The van der Waals surface area contributed by atoms with Crippen LogP contribution >= 0.6 is 0 Å². The Labute approximate surface area is 115 Å². The number of amides is 1. The van der Waals surface area contributed by atoms with Crippen LogP contribution in [-0.4, -0.2) is 35.1 Å². The molecule has 1 aliphatic rings. The molecule has 0 aromatic heterocycles. The van der Waals surface area contributed by atoms with Gasteiger partial charge in [0.1, 0.15) is 0 Å². The standard InChI is InChI=1S/C14H16F3NO2/c15-14(16,17)11-4-1-3-10(7-11)8-13(20)18-6-2-5-12(18)9-19/h1,3-4,7,12,19H,2,5-6,8-9H2/t12-/m1/s1. The smallest absolute Gasteiger partial charge is 0.394 e. The summed E-state index contributed by atoms with van der Waals surface area (Å²) < 4.78 is 37.8. The van der Waals surface area contributed by atoms with Gasteiger partial charge in [0.2, 0.25) is 5.91 Å². The highest BCUT2D eigenvalue weighted by atomic mass is 19.4. The Hall–Kier alpha value is -1.56. The van der Waals surface area contributed by atoms with Crippen molar-refractivity contribution >= 4 is 5.91 Å². The van der Waals surface area contributed by atoms with Crippen molar-refractivity contribution in [3.63, 3.8) is 0 Å². The number of nitrogens with zero attached hydrogens (tertiary/aromatic N) is 1. The normalized spacial score (nSPS) is 19.4. The summed E-state index contributed by atoms with van der Waals surface area (Å²) in [5.74, 6) is -0.235. The number of carbonyl (C=O) groups is 1. The number of aliphatic hydroxyl groups excluding tert-OH is 1. The zero-order chi connectivity index (χ0) is 14.8. The van der Waals surface area contributed by atoms with E-state index in [0.717, 1.165) is 25.0 Å². The van der Waals surface area contributed by atoms with E-state index in [1.807, 2.05) is 0 Å². The topological polar surface area (TPSA) is 40.5 Å². The van der Waals surface area contributed by atoms with Crippen LogP contribution in [0.25, 0.3) is 0 Å². The average Bonchev–Trinajstić information content (AvgIpc) is 2.86. The summed E-state index contributed by atoms with van der Waals surface area (Å²) in [6.45, 7) is 0.456. The zero-order valence-electron chi connectivity index (χ0n) is 10.9. The summed E-state index contributed by atoms with van der Waals surface area (Å²) in [6, 6.07) is 4.60. The fraction of sp³-hybridized carbons (Fsp3) is 0.500. The molecule has 20 heavy (non-hydrogen) atoms. The zero-order valence-corrected chi connectivity index (χ0v) is 10.9. The summed E-state index contributed by atoms with van der Waals surface area (Å²) in [7, 11) is 0. The monoisotopic (exact) mass is 287 g/mol. The van der Waals surface area contributed by atoms with Crippen molar-refractivity contribution in [2.75, 3.05) is 13.2 Å². The van der Waals surface area contributed by atoms with Gasteiger partial charge in [-0.1, -0.05) is 18.2 Å². The van der Waals surface area contributed by atoms with Crippen molar-refractivity contribution in [2.24, 2.45) is 0 Å². The van der Waals surface area contributed by atoms with Crippen LogP contribution in [0.2, 0.25) is 0 Å². The van der Waals surface area contributed by atoms with Crippen molar-refractivity contribution in [1.82, 2.24) is 4.90 Å². The fourth-order valence-electron chi connectivity index (χ4n) is 2.49. The predicted molar refractivity (Wildman–Crippen MR) is 67.0 cm³/mol. The van der Waals surface area contributed by atoms with Crippen LogP contribution in [0.3, 0.4) is 0 Å². The van der Waals surface area contributed by atoms with Gasteiger partial charge in [-0.15, -0.1) is 0 Å². The van der Waals surface area contributed by atoms with E-state index in [4.69, 9.17) is 5.11 Å². The van der Waals surface area contributed by atoms with Gasteiger partial charge in [0.05, 0.1) is 24.6 Å². The average molecular weight is 287 g/mol. The van der Waals surface area contributed by atoms with Crippen LogP contribution in [-0.2, 0) is 17.4 Å². The maximum absolute atomic E-state index is 12.6. The first kappa shape index (κ1) is 14.8. The highest BCUT2D eigenvalue weighted by Crippen LogP contribution is 2.29. The summed E-state index contributed by atoms with van der Waals surface area (Å²) in [5.41, 5.74) is -0.406. The van der Waals surface area contributed by atoms with Gasteiger partial charge < -0.3 is 10.0 Å². The van der Waals surface area contributed by atoms with Gasteiger partial charge >= 0.3 is 6.18 Å². The molecule has 1 heterocycles. The lowest BCUT2D eigenvalue weighted by molar-refractivity contribution is -0.138. The van der Waals surface area contributed by atoms with Gasteiger partial charge in [0, 0.05) is 6.54 Å². The van der Waals surface area contributed by atoms with Crippen molar-refractivity contribution in [3.05, 3.63) is 35.4 Å². The second-order valence-electron chi connectivity index (χ2n) is 4.94. The summed E-state index contributed by atoms with van der Waals surface area (Å²) in [5, 5.41) is 9.16. The molecule has 1 aromatic rings. The van der Waals surface area contributed by atoms with E-state index in [0.29, 0.717) is 12.1 Å². The number of rotatable bonds is 3. The van der Waals surface area contributed by atoms with E-state index >= 15 is 0 Å². The number of carbonyl (C=O) groups excluding carboxylic acids is 1. The third-order valence-electron chi connectivity index (χ3n) is 3.52. The van der Waals surface area contributed by atoms with Gasteiger partial charge in [0.25, 0.3) is 0 Å². The maximum atomic E-state index is 12.6. The highest BCUT2D eigenvalue weighted by molar-refractivity contribution is 5.79. The Morgan fingerprint density at radius 3 is 2.80 bits per heavy atom. The van der Waals surface area contributed by atoms with Crippen molar-refractivity contribution in [2.45, 2.75) is 31.5 Å². The first-order valence-corrected chi connectivity index (χ1v) is 6.48. The minimum atomic E-state index is -4.40. The summed E-state index contributed by atoms with van der Waals surface area (Å²) in [4.78, 5) is 13.6. The molecule has 1 aliphatic heterocycles. The molecule has 1 aromatic carbocycles. The lowest BCUT2D eigenvalue weighted by atomic mass is 10.1. The SMILES string of the molecule is O=C(Cc1cccc(C(F)(F)F)c1)N1CCC[C@@H]1CO. The molecule has 0 radical (unpaired) electrons. The second kappa shape index (κ2) is 5.83. The molecule has 6 heteroatoms. The molecule has 1 saturated heterocycles. The van der Waals surface area contributed by atoms with E-state index in [2.05, 4.69) is 0 Å². The third kappa shape index (κ3) is 3.30. The Morgan fingerprint density at radius 2 is 2.15 bits per heavy atom. The Kier molecular flexibility index (Phi) is 4.32. The number of hydrogen-bond donors (Lipinski definition) is 1. The van der Waals surface area contributed by atoms with Crippen LogP contribution in [0.4, 0.5) is 13.2 Å². The molecule has 0 spiro atoms. The number of likely N-dealkylation sites (tertiary alicyclic amines) is 1. The first-order valence-electron chi connectivity index (χ1n) is 6.48. The molecule has 1 N–H and O–H groups in total. The van der Waals surface area contributed by atoms with E-state index in [1.54, 1.807) is 4.90 Å². The van der Waals surface area contributed by atoms with E-state index < -0.39 is 11.7 Å². The Balaban J connectivity index is 2.08. The maximum Gasteiger partial charge on any atom is 0.416 e. The molecule has 0 saturated carbocycles. The minimum Gasteiger partial charge on any atom is -0.394 e. The Morgan fingerprint density at radius 1 is 1.40 bits per heavy atom. The van der Waals surface area contributed by atoms with Gasteiger partial charge in [0.15, 0.2) is 0 Å². The molecule has 2 rings (SSSR count). The number of hydrogen-bond acceptors (Lipinski definition) is 2. The van der Waals surface area contributed by atoms with Gasteiger partial charge in [-0.2, -0.15) is 13.2 Å². The second-order valence-corrected chi connectivity index (χ2v) is 4.94. The molecule has 1 fully saturated rings. The van der Waals surface area contributed by atoms with Crippen LogP contribution in [0, 0.1) is 0 Å². The number of alkyl halides is 3. The first-order chi connectivity index (χ1) is 9.41. The third-order valence-corrected chi connectivity index (χ3v) is 3.52. The lowest BCUT2D eigenvalue weighted by Gasteiger charge is -2.23. The fourth-order valence-corrected chi connectivity index (χ4v) is 2.49. The minimum absolute atomic E-state index is 0.0690. The molecule has 0 aliphatic carbocycles. The van der Waals surface area contributed by atoms with Crippen LogP contribution in [0.15, 0.2) is 24.3 Å². The Bertz CT molecular complexity index is 488. The number of aliphatic hydroxyl groups is 1. The number of benzene rings is 1. The van der Waals surface area contributed by atoms with Crippen LogP contribution in [0.1, 0.15) is 24.0 Å². The molecule has 0 unspecified atom stereocenters. The summed E-state index contributed by atoms with van der Waals surface area (Å²) >= 11 is 0. The molecule has 3 nitrogen and oxygen atoms in total. The molecular formula is C14H16F3NO2. The van der Waals surface area contributed by atoms with Crippen molar-refractivity contribution in [3.8, 4) is 0 Å². The molecule has 1 amide bonds. The van der Waals surface area contributed by atoms with Crippen LogP contribution in [0.5, 0.6) is 0 Å². The van der Waals surface area contributed by atoms with Gasteiger partial charge in [-0.25, -0.2) is 0 Å². The number of halogens is 3. The van der Waals surface area contributed by atoms with Crippen LogP contribution < -0.4 is 0 Å². The quantitative estimate of drug-likeness (QED) is 0.926. The molecule has 1 atom stereocenters. The van der Waals surface area contributed by atoms with Gasteiger partial charge in [-0.3, -0.25) is 4.79 Å². The van der Waals surface area contributed by atoms with E-state index in [1.165, 1.54) is 12.1 Å². The molecule has 110 valence electrons. The van der Waals surface area contributed by atoms with E-state index in [9.17, 15) is 18.0 Å². The van der Waals surface area contributed by atoms with Gasteiger partial charge in [-0.05, 0) is 24.5 Å². The highest BCUT2D eigenvalue weighted by Gasteiger charge is 2.31. The predicted octanol–water partition coefficient (Wildman–Crippen LogP) is 2.23.